The summed E-state index contributed by atoms with van der Waals surface area (Å²) in [6.07, 6.45) is 5.42. The molecule has 2 heterocycles. The predicted molar refractivity (Wildman–Crippen MR) is 87.9 cm³/mol. The Hall–Kier alpha value is -2.36. The van der Waals surface area contributed by atoms with E-state index in [9.17, 15) is 4.79 Å². The molecule has 1 aliphatic rings. The number of piperidine rings is 1. The standard InChI is InChI=1S/C18H21N3O/c22-18(20-13-15-7-3-1-4-8-15)16-9-10-17(19-14-16)21-11-5-2-6-12-21/h1,3-4,7-10,14H,2,5-6,11-13H2,(H,20,22). The molecule has 1 aliphatic heterocycles. The molecule has 1 aromatic carbocycles. The highest BCUT2D eigenvalue weighted by atomic mass is 16.1. The largest absolute Gasteiger partial charge is 0.357 e. The number of benzene rings is 1. The second kappa shape index (κ2) is 7.07. The van der Waals surface area contributed by atoms with Gasteiger partial charge < -0.3 is 10.2 Å². The van der Waals surface area contributed by atoms with Crippen molar-refractivity contribution in [3.05, 3.63) is 59.8 Å². The van der Waals surface area contributed by atoms with E-state index in [2.05, 4.69) is 15.2 Å². The molecule has 1 fully saturated rings. The van der Waals surface area contributed by atoms with Gasteiger partial charge in [0.2, 0.25) is 0 Å². The fraction of sp³-hybridized carbons (Fsp3) is 0.333. The van der Waals surface area contributed by atoms with Crippen molar-refractivity contribution in [2.45, 2.75) is 25.8 Å². The van der Waals surface area contributed by atoms with Gasteiger partial charge in [-0.2, -0.15) is 0 Å². The van der Waals surface area contributed by atoms with E-state index in [1.165, 1.54) is 19.3 Å². The number of carbonyl (C=O) groups is 1. The monoisotopic (exact) mass is 295 g/mol. The number of anilines is 1. The summed E-state index contributed by atoms with van der Waals surface area (Å²) in [5.74, 6) is 0.890. The minimum atomic E-state index is -0.0819. The highest BCUT2D eigenvalue weighted by Gasteiger charge is 2.13. The molecule has 0 unspecified atom stereocenters. The maximum atomic E-state index is 12.1. The van der Waals surface area contributed by atoms with E-state index in [0.717, 1.165) is 24.5 Å². The molecule has 2 aromatic rings. The summed E-state index contributed by atoms with van der Waals surface area (Å²) in [7, 11) is 0. The molecule has 3 rings (SSSR count). The number of carbonyl (C=O) groups excluding carboxylic acids is 1. The first-order chi connectivity index (χ1) is 10.8. The lowest BCUT2D eigenvalue weighted by molar-refractivity contribution is 0.0950. The molecule has 0 aliphatic carbocycles. The first-order valence-corrected chi connectivity index (χ1v) is 7.86. The van der Waals surface area contributed by atoms with Crippen LogP contribution in [-0.4, -0.2) is 24.0 Å². The normalized spacial score (nSPS) is 14.6. The van der Waals surface area contributed by atoms with Gasteiger partial charge in [-0.3, -0.25) is 4.79 Å². The Labute approximate surface area is 131 Å². The topological polar surface area (TPSA) is 45.2 Å². The van der Waals surface area contributed by atoms with Gasteiger partial charge >= 0.3 is 0 Å². The van der Waals surface area contributed by atoms with Gasteiger partial charge in [-0.25, -0.2) is 4.98 Å². The molecule has 0 bridgehead atoms. The van der Waals surface area contributed by atoms with E-state index in [0.29, 0.717) is 12.1 Å². The Balaban J connectivity index is 1.58. The Bertz CT molecular complexity index is 604. The van der Waals surface area contributed by atoms with Crippen LogP contribution in [0.2, 0.25) is 0 Å². The molecule has 1 saturated heterocycles. The highest BCUT2D eigenvalue weighted by Crippen LogP contribution is 2.17. The Kier molecular flexibility index (Phi) is 4.68. The van der Waals surface area contributed by atoms with Crippen LogP contribution in [0.25, 0.3) is 0 Å². The van der Waals surface area contributed by atoms with Gasteiger partial charge in [0, 0.05) is 25.8 Å². The van der Waals surface area contributed by atoms with Crippen LogP contribution < -0.4 is 10.2 Å². The number of hydrogen-bond donors (Lipinski definition) is 1. The average molecular weight is 295 g/mol. The maximum absolute atomic E-state index is 12.1. The molecule has 22 heavy (non-hydrogen) atoms. The third-order valence-corrected chi connectivity index (χ3v) is 3.99. The van der Waals surface area contributed by atoms with Crippen LogP contribution in [0.5, 0.6) is 0 Å². The number of nitrogens with zero attached hydrogens (tertiary/aromatic N) is 2. The number of nitrogens with one attached hydrogen (secondary N) is 1. The molecular formula is C18H21N3O. The maximum Gasteiger partial charge on any atom is 0.253 e. The van der Waals surface area contributed by atoms with E-state index in [4.69, 9.17) is 0 Å². The van der Waals surface area contributed by atoms with E-state index >= 15 is 0 Å². The van der Waals surface area contributed by atoms with Crippen LogP contribution in [0, 0.1) is 0 Å². The van der Waals surface area contributed by atoms with E-state index in [1.54, 1.807) is 6.20 Å². The molecule has 0 spiro atoms. The number of amides is 1. The number of pyridine rings is 1. The molecule has 1 N–H and O–H groups in total. The highest BCUT2D eigenvalue weighted by molar-refractivity contribution is 5.94. The number of rotatable bonds is 4. The Morgan fingerprint density at radius 3 is 2.50 bits per heavy atom. The van der Waals surface area contributed by atoms with Crippen LogP contribution >= 0.6 is 0 Å². The van der Waals surface area contributed by atoms with Crippen molar-refractivity contribution in [3.8, 4) is 0 Å². The van der Waals surface area contributed by atoms with Crippen molar-refractivity contribution in [1.82, 2.24) is 10.3 Å². The molecule has 0 atom stereocenters. The van der Waals surface area contributed by atoms with Crippen molar-refractivity contribution in [2.24, 2.45) is 0 Å². The molecule has 4 heteroatoms. The van der Waals surface area contributed by atoms with Crippen LogP contribution in [0.15, 0.2) is 48.7 Å². The van der Waals surface area contributed by atoms with Crippen LogP contribution in [0.3, 0.4) is 0 Å². The summed E-state index contributed by atoms with van der Waals surface area (Å²) in [5, 5.41) is 2.92. The molecule has 114 valence electrons. The van der Waals surface area contributed by atoms with Gasteiger partial charge in [-0.1, -0.05) is 30.3 Å². The van der Waals surface area contributed by atoms with Gasteiger partial charge in [-0.05, 0) is 37.0 Å². The second-order valence-corrected chi connectivity index (χ2v) is 5.62. The lowest BCUT2D eigenvalue weighted by atomic mass is 10.1. The summed E-state index contributed by atoms with van der Waals surface area (Å²) in [6.45, 7) is 2.66. The summed E-state index contributed by atoms with van der Waals surface area (Å²) >= 11 is 0. The van der Waals surface area contributed by atoms with Gasteiger partial charge in [0.05, 0.1) is 5.56 Å². The van der Waals surface area contributed by atoms with Crippen LogP contribution in [0.4, 0.5) is 5.82 Å². The summed E-state index contributed by atoms with van der Waals surface area (Å²) < 4.78 is 0. The predicted octanol–water partition coefficient (Wildman–Crippen LogP) is 3.00. The second-order valence-electron chi connectivity index (χ2n) is 5.62. The van der Waals surface area contributed by atoms with E-state index < -0.39 is 0 Å². The fourth-order valence-electron chi connectivity index (χ4n) is 2.71. The lowest BCUT2D eigenvalue weighted by Gasteiger charge is -2.27. The number of hydrogen-bond acceptors (Lipinski definition) is 3. The Morgan fingerprint density at radius 2 is 1.82 bits per heavy atom. The first-order valence-electron chi connectivity index (χ1n) is 7.86. The molecule has 1 aromatic heterocycles. The van der Waals surface area contributed by atoms with Crippen molar-refractivity contribution >= 4 is 11.7 Å². The van der Waals surface area contributed by atoms with Crippen molar-refractivity contribution < 1.29 is 4.79 Å². The zero-order chi connectivity index (χ0) is 15.2. The van der Waals surface area contributed by atoms with Crippen LogP contribution in [0.1, 0.15) is 35.2 Å². The fourth-order valence-corrected chi connectivity index (χ4v) is 2.71. The minimum Gasteiger partial charge on any atom is -0.357 e. The zero-order valence-electron chi connectivity index (χ0n) is 12.7. The third-order valence-electron chi connectivity index (χ3n) is 3.99. The molecule has 0 saturated carbocycles. The first kappa shape index (κ1) is 14.6. The van der Waals surface area contributed by atoms with Crippen molar-refractivity contribution in [2.75, 3.05) is 18.0 Å². The van der Waals surface area contributed by atoms with Gasteiger partial charge in [-0.15, -0.1) is 0 Å². The molecule has 0 radical (unpaired) electrons. The lowest BCUT2D eigenvalue weighted by Crippen LogP contribution is -2.30. The Morgan fingerprint density at radius 1 is 1.05 bits per heavy atom. The summed E-state index contributed by atoms with van der Waals surface area (Å²) in [5.41, 5.74) is 1.70. The zero-order valence-corrected chi connectivity index (χ0v) is 12.7. The quantitative estimate of drug-likeness (QED) is 0.943. The number of aromatic nitrogens is 1. The van der Waals surface area contributed by atoms with Crippen molar-refractivity contribution in [1.29, 1.82) is 0 Å². The van der Waals surface area contributed by atoms with Gasteiger partial charge in [0.25, 0.3) is 5.91 Å². The van der Waals surface area contributed by atoms with Crippen LogP contribution in [-0.2, 0) is 6.54 Å². The minimum absolute atomic E-state index is 0.0819. The van der Waals surface area contributed by atoms with Gasteiger partial charge in [0.1, 0.15) is 5.82 Å². The molecule has 4 nitrogen and oxygen atoms in total. The van der Waals surface area contributed by atoms with Gasteiger partial charge in [0.15, 0.2) is 0 Å². The van der Waals surface area contributed by atoms with E-state index in [1.807, 2.05) is 42.5 Å². The van der Waals surface area contributed by atoms with Crippen molar-refractivity contribution in [3.63, 3.8) is 0 Å². The summed E-state index contributed by atoms with van der Waals surface area (Å²) in [6, 6.07) is 13.7. The summed E-state index contributed by atoms with van der Waals surface area (Å²) in [4.78, 5) is 18.9. The molecule has 1 amide bonds. The van der Waals surface area contributed by atoms with E-state index in [-0.39, 0.29) is 5.91 Å². The smallest absolute Gasteiger partial charge is 0.253 e. The third kappa shape index (κ3) is 3.64. The SMILES string of the molecule is O=C(NCc1ccccc1)c1ccc(N2CCCCC2)nc1. The molecular weight excluding hydrogens is 274 g/mol. The average Bonchev–Trinajstić information content (AvgIpc) is 2.61.